The Morgan fingerprint density at radius 2 is 1.33 bits per heavy atom. The van der Waals surface area contributed by atoms with Gasteiger partial charge in [-0.05, 0) is 13.8 Å². The average Bonchev–Trinajstić information content (AvgIpc) is 0.811. The minimum atomic E-state index is 0. The van der Waals surface area contributed by atoms with Gasteiger partial charge in [0.25, 0.3) is 0 Å². The van der Waals surface area contributed by atoms with Gasteiger partial charge in [0.15, 0.2) is 0 Å². The van der Waals surface area contributed by atoms with Crippen molar-refractivity contribution < 1.29 is 26.8 Å². The smallest absolute Gasteiger partial charge is 0.126 e. The quantitative estimate of drug-likeness (QED) is 0.423. The van der Waals surface area contributed by atoms with Gasteiger partial charge >= 0.3 is 0 Å². The molecule has 0 amide bonds. The average molecular weight is 135 g/mol. The second kappa shape index (κ2) is 8.93. The molecule has 0 saturated heterocycles. The summed E-state index contributed by atoms with van der Waals surface area (Å²) in [5.41, 5.74) is 0. The van der Waals surface area contributed by atoms with Crippen molar-refractivity contribution in [3.05, 3.63) is 0 Å². The van der Waals surface area contributed by atoms with E-state index < -0.39 is 0 Å². The predicted octanol–water partition coefficient (Wildman–Crippen LogP) is -0.232. The summed E-state index contributed by atoms with van der Waals surface area (Å²) >= 11 is 0. The Labute approximate surface area is 47.2 Å². The Hall–Kier alpha value is 0.124. The Morgan fingerprint density at radius 1 is 1.33 bits per heavy atom. The molecule has 0 aromatic rings. The molecule has 6 heavy (non-hydrogen) atoms. The molecule has 0 heterocycles. The SMILES string of the molecule is CC(C)=O.O.[Ni]. The second-order valence-electron chi connectivity index (χ2n) is 0.908. The van der Waals surface area contributed by atoms with Gasteiger partial charge in [0.1, 0.15) is 5.78 Å². The Morgan fingerprint density at radius 3 is 1.33 bits per heavy atom. The van der Waals surface area contributed by atoms with Crippen LogP contribution in [0.15, 0.2) is 0 Å². The third kappa shape index (κ3) is 2640. The molecule has 0 radical (unpaired) electrons. The first-order chi connectivity index (χ1) is 1.73. The topological polar surface area (TPSA) is 48.6 Å². The Bertz CT molecular complexity index is 31.8. The molecule has 42 valence electrons. The van der Waals surface area contributed by atoms with Crippen molar-refractivity contribution in [1.82, 2.24) is 0 Å². The molecule has 0 fully saturated rings. The van der Waals surface area contributed by atoms with Gasteiger partial charge in [-0.25, -0.2) is 0 Å². The summed E-state index contributed by atoms with van der Waals surface area (Å²) in [4.78, 5) is 9.44. The fourth-order valence-corrected chi connectivity index (χ4v) is 0. The van der Waals surface area contributed by atoms with Crippen molar-refractivity contribution in [2.45, 2.75) is 13.8 Å². The van der Waals surface area contributed by atoms with Gasteiger partial charge in [-0.2, -0.15) is 0 Å². The third-order valence-electron chi connectivity index (χ3n) is 0. The van der Waals surface area contributed by atoms with Crippen LogP contribution in [0.3, 0.4) is 0 Å². The van der Waals surface area contributed by atoms with Crippen molar-refractivity contribution in [2.75, 3.05) is 0 Å². The fourth-order valence-electron chi connectivity index (χ4n) is 0. The number of ketones is 1. The van der Waals surface area contributed by atoms with Crippen molar-refractivity contribution in [3.8, 4) is 0 Å². The van der Waals surface area contributed by atoms with Crippen LogP contribution in [0.1, 0.15) is 13.8 Å². The molecule has 2 nitrogen and oxygen atoms in total. The summed E-state index contributed by atoms with van der Waals surface area (Å²) in [6.07, 6.45) is 0. The van der Waals surface area contributed by atoms with Crippen LogP contribution in [0.5, 0.6) is 0 Å². The summed E-state index contributed by atoms with van der Waals surface area (Å²) in [7, 11) is 0. The first-order valence-corrected chi connectivity index (χ1v) is 1.20. The maximum atomic E-state index is 9.44. The van der Waals surface area contributed by atoms with E-state index in [1.165, 1.54) is 13.8 Å². The molecule has 0 aliphatic heterocycles. The molecular formula is C3H8NiO2. The zero-order chi connectivity index (χ0) is 3.58. The van der Waals surface area contributed by atoms with Crippen LogP contribution in [-0.4, -0.2) is 11.3 Å². The molecule has 0 aliphatic carbocycles. The fraction of sp³-hybridized carbons (Fsp3) is 0.667. The maximum absolute atomic E-state index is 9.44. The van der Waals surface area contributed by atoms with E-state index >= 15 is 0 Å². The van der Waals surface area contributed by atoms with E-state index in [0.717, 1.165) is 0 Å². The van der Waals surface area contributed by atoms with Gasteiger partial charge in [-0.1, -0.05) is 0 Å². The molecule has 0 aromatic carbocycles. The minimum absolute atomic E-state index is 0. The summed E-state index contributed by atoms with van der Waals surface area (Å²) < 4.78 is 0. The molecule has 0 atom stereocenters. The van der Waals surface area contributed by atoms with Crippen molar-refractivity contribution in [1.29, 1.82) is 0 Å². The van der Waals surface area contributed by atoms with Crippen LogP contribution < -0.4 is 0 Å². The summed E-state index contributed by atoms with van der Waals surface area (Å²) in [6.45, 7) is 3.06. The molecule has 0 bridgehead atoms. The number of hydrogen-bond donors (Lipinski definition) is 0. The Balaban J connectivity index is -0.0000000450. The molecular weight excluding hydrogens is 127 g/mol. The molecule has 0 unspecified atom stereocenters. The summed E-state index contributed by atoms with van der Waals surface area (Å²) in [6, 6.07) is 0. The Kier molecular flexibility index (Phi) is 24.5. The van der Waals surface area contributed by atoms with Gasteiger partial charge in [0.2, 0.25) is 0 Å². The maximum Gasteiger partial charge on any atom is 0.126 e. The summed E-state index contributed by atoms with van der Waals surface area (Å²) in [5, 5.41) is 0. The van der Waals surface area contributed by atoms with Gasteiger partial charge in [-0.15, -0.1) is 0 Å². The second-order valence-corrected chi connectivity index (χ2v) is 0.908. The van der Waals surface area contributed by atoms with Crippen molar-refractivity contribution in [3.63, 3.8) is 0 Å². The monoisotopic (exact) mass is 134 g/mol. The van der Waals surface area contributed by atoms with E-state index in [9.17, 15) is 4.79 Å². The van der Waals surface area contributed by atoms with Crippen molar-refractivity contribution >= 4 is 5.78 Å². The predicted molar refractivity (Wildman–Crippen MR) is 20.0 cm³/mol. The molecule has 0 saturated carbocycles. The van der Waals surface area contributed by atoms with Gasteiger partial charge in [0.05, 0.1) is 0 Å². The van der Waals surface area contributed by atoms with Crippen LogP contribution in [0.4, 0.5) is 0 Å². The molecule has 0 rings (SSSR count). The molecule has 2 N–H and O–H groups in total. The summed E-state index contributed by atoms with van der Waals surface area (Å²) in [5.74, 6) is 0.167. The minimum Gasteiger partial charge on any atom is -0.412 e. The van der Waals surface area contributed by atoms with E-state index in [2.05, 4.69) is 0 Å². The van der Waals surface area contributed by atoms with Crippen molar-refractivity contribution in [2.24, 2.45) is 0 Å². The zero-order valence-electron chi connectivity index (χ0n) is 3.72. The van der Waals surface area contributed by atoms with E-state index in [1.807, 2.05) is 0 Å². The first-order valence-electron chi connectivity index (χ1n) is 1.20. The molecule has 0 aliphatic rings. The van der Waals surface area contributed by atoms with Crippen LogP contribution >= 0.6 is 0 Å². The van der Waals surface area contributed by atoms with Crippen LogP contribution in [0.2, 0.25) is 0 Å². The largest absolute Gasteiger partial charge is 0.412 e. The molecule has 0 spiro atoms. The number of hydrogen-bond acceptors (Lipinski definition) is 1. The first kappa shape index (κ1) is 16.5. The van der Waals surface area contributed by atoms with E-state index in [0.29, 0.717) is 0 Å². The third-order valence-corrected chi connectivity index (χ3v) is 0. The van der Waals surface area contributed by atoms with Gasteiger partial charge in [0, 0.05) is 16.5 Å². The van der Waals surface area contributed by atoms with E-state index in [4.69, 9.17) is 0 Å². The number of carbonyl (C=O) groups is 1. The normalized spacial score (nSPS) is 4.33. The number of carbonyl (C=O) groups excluding carboxylic acids is 1. The zero-order valence-corrected chi connectivity index (χ0v) is 4.71. The van der Waals surface area contributed by atoms with E-state index in [1.54, 1.807) is 0 Å². The molecule has 3 heteroatoms. The van der Waals surface area contributed by atoms with Gasteiger partial charge in [-0.3, -0.25) is 0 Å². The van der Waals surface area contributed by atoms with Gasteiger partial charge < -0.3 is 10.3 Å². The standard InChI is InChI=1S/C3H6O.Ni.H2O/c1-3(2)4;;/h1-2H3;;1H2. The number of rotatable bonds is 0. The van der Waals surface area contributed by atoms with Crippen LogP contribution in [0, 0.1) is 0 Å². The van der Waals surface area contributed by atoms with Crippen LogP contribution in [-0.2, 0) is 21.3 Å². The number of Topliss-reactive ketones (excluding diaryl/α,β-unsaturated/α-hetero) is 1. The van der Waals surface area contributed by atoms with E-state index in [-0.39, 0.29) is 27.8 Å². The molecule has 0 aromatic heterocycles. The van der Waals surface area contributed by atoms with Crippen LogP contribution in [0.25, 0.3) is 0 Å².